The Bertz CT molecular complexity index is 1390. The van der Waals surface area contributed by atoms with Gasteiger partial charge in [0, 0.05) is 53.8 Å². The Morgan fingerprint density at radius 2 is 2.06 bits per heavy atom. The molecule has 1 aromatic carbocycles. The fraction of sp³-hybridized carbons (Fsp3) is 0.174. The standard InChI is InChI=1S/C23H20FN5O2/c1-3-23(30,16-5-4-6-17(24)8-16)21-9-20(28-31-21)19-12-26-22-18(19)7-14(10-25-22)15-11-27-29(2)13-15/h4-13,30H,3H2,1-2H3,(H,25,26). The lowest BCUT2D eigenvalue weighted by molar-refractivity contribution is 0.0460. The van der Waals surface area contributed by atoms with E-state index in [0.29, 0.717) is 23.3 Å². The van der Waals surface area contributed by atoms with Crippen LogP contribution in [0.25, 0.3) is 33.4 Å². The predicted molar refractivity (Wildman–Crippen MR) is 113 cm³/mol. The third kappa shape index (κ3) is 3.21. The minimum atomic E-state index is -1.49. The van der Waals surface area contributed by atoms with E-state index in [2.05, 4.69) is 20.2 Å². The number of rotatable bonds is 5. The molecule has 4 aromatic heterocycles. The van der Waals surface area contributed by atoms with Gasteiger partial charge in [-0.25, -0.2) is 9.37 Å². The average molecular weight is 417 g/mol. The van der Waals surface area contributed by atoms with Crippen molar-refractivity contribution in [1.82, 2.24) is 24.9 Å². The van der Waals surface area contributed by atoms with E-state index in [4.69, 9.17) is 4.52 Å². The van der Waals surface area contributed by atoms with Gasteiger partial charge in [-0.2, -0.15) is 5.10 Å². The molecule has 5 rings (SSSR count). The highest BCUT2D eigenvalue weighted by Gasteiger charge is 2.34. The number of H-pyrrole nitrogens is 1. The van der Waals surface area contributed by atoms with E-state index >= 15 is 0 Å². The molecular weight excluding hydrogens is 397 g/mol. The van der Waals surface area contributed by atoms with Gasteiger partial charge in [0.1, 0.15) is 22.8 Å². The number of fused-ring (bicyclic) bond motifs is 1. The van der Waals surface area contributed by atoms with Crippen LogP contribution in [0.15, 0.2) is 65.7 Å². The summed E-state index contributed by atoms with van der Waals surface area (Å²) in [4.78, 5) is 7.65. The Morgan fingerprint density at radius 3 is 2.81 bits per heavy atom. The number of pyridine rings is 1. The van der Waals surface area contributed by atoms with Crippen LogP contribution in [0.3, 0.4) is 0 Å². The number of aliphatic hydroxyl groups is 1. The highest BCUT2D eigenvalue weighted by Crippen LogP contribution is 2.37. The minimum Gasteiger partial charge on any atom is -0.377 e. The molecule has 5 aromatic rings. The van der Waals surface area contributed by atoms with Crippen molar-refractivity contribution in [2.45, 2.75) is 18.9 Å². The largest absolute Gasteiger partial charge is 0.377 e. The molecule has 0 bridgehead atoms. The number of hydrogen-bond donors (Lipinski definition) is 2. The van der Waals surface area contributed by atoms with Crippen LogP contribution in [-0.2, 0) is 12.6 Å². The van der Waals surface area contributed by atoms with Crippen molar-refractivity contribution < 1.29 is 14.0 Å². The fourth-order valence-corrected chi connectivity index (χ4v) is 3.81. The van der Waals surface area contributed by atoms with Crippen LogP contribution in [-0.4, -0.2) is 30.0 Å². The van der Waals surface area contributed by atoms with Crippen molar-refractivity contribution in [3.63, 3.8) is 0 Å². The van der Waals surface area contributed by atoms with Gasteiger partial charge in [0.05, 0.1) is 6.20 Å². The predicted octanol–water partition coefficient (Wildman–Crippen LogP) is 4.40. The van der Waals surface area contributed by atoms with E-state index in [0.717, 1.165) is 22.1 Å². The van der Waals surface area contributed by atoms with Gasteiger partial charge in [-0.15, -0.1) is 0 Å². The molecule has 2 N–H and O–H groups in total. The maximum Gasteiger partial charge on any atom is 0.173 e. The lowest BCUT2D eigenvalue weighted by Gasteiger charge is -2.24. The lowest BCUT2D eigenvalue weighted by atomic mass is 9.88. The van der Waals surface area contributed by atoms with Crippen molar-refractivity contribution in [3.05, 3.63) is 78.3 Å². The first-order valence-corrected chi connectivity index (χ1v) is 9.90. The third-order valence-corrected chi connectivity index (χ3v) is 5.58. The Labute approximate surface area is 177 Å². The zero-order valence-corrected chi connectivity index (χ0v) is 17.0. The maximum absolute atomic E-state index is 13.8. The molecule has 0 fully saturated rings. The molecule has 0 aliphatic heterocycles. The molecule has 0 saturated heterocycles. The van der Waals surface area contributed by atoms with Crippen LogP contribution >= 0.6 is 0 Å². The number of benzene rings is 1. The number of hydrogen-bond acceptors (Lipinski definition) is 5. The smallest absolute Gasteiger partial charge is 0.173 e. The fourth-order valence-electron chi connectivity index (χ4n) is 3.81. The summed E-state index contributed by atoms with van der Waals surface area (Å²) in [5.74, 6) is -0.170. The molecule has 1 atom stereocenters. The molecule has 4 heterocycles. The van der Waals surface area contributed by atoms with E-state index in [9.17, 15) is 9.50 Å². The van der Waals surface area contributed by atoms with E-state index in [1.54, 1.807) is 41.5 Å². The van der Waals surface area contributed by atoms with Gasteiger partial charge in [-0.3, -0.25) is 4.68 Å². The van der Waals surface area contributed by atoms with Crippen LogP contribution in [0.4, 0.5) is 4.39 Å². The molecule has 156 valence electrons. The van der Waals surface area contributed by atoms with Crippen molar-refractivity contribution >= 4 is 11.0 Å². The quantitative estimate of drug-likeness (QED) is 0.442. The van der Waals surface area contributed by atoms with Crippen molar-refractivity contribution in [2.75, 3.05) is 0 Å². The Hall–Kier alpha value is -3.78. The minimum absolute atomic E-state index is 0.251. The summed E-state index contributed by atoms with van der Waals surface area (Å²) >= 11 is 0. The topological polar surface area (TPSA) is 92.8 Å². The summed E-state index contributed by atoms with van der Waals surface area (Å²) in [5, 5.41) is 20.5. The van der Waals surface area contributed by atoms with Crippen LogP contribution in [0.5, 0.6) is 0 Å². The highest BCUT2D eigenvalue weighted by atomic mass is 19.1. The first kappa shape index (κ1) is 19.2. The van der Waals surface area contributed by atoms with Crippen molar-refractivity contribution in [1.29, 1.82) is 0 Å². The lowest BCUT2D eigenvalue weighted by Crippen LogP contribution is -2.25. The molecule has 7 nitrogen and oxygen atoms in total. The van der Waals surface area contributed by atoms with Crippen LogP contribution in [0.2, 0.25) is 0 Å². The Morgan fingerprint density at radius 1 is 1.19 bits per heavy atom. The maximum atomic E-state index is 13.8. The number of halogens is 1. The molecule has 0 aliphatic carbocycles. The van der Waals surface area contributed by atoms with Gasteiger partial charge >= 0.3 is 0 Å². The molecule has 8 heteroatoms. The summed E-state index contributed by atoms with van der Waals surface area (Å²) in [7, 11) is 1.86. The molecule has 0 aliphatic rings. The first-order chi connectivity index (χ1) is 15.0. The zero-order chi connectivity index (χ0) is 21.6. The summed E-state index contributed by atoms with van der Waals surface area (Å²) in [6.07, 6.45) is 7.59. The molecule has 0 radical (unpaired) electrons. The summed E-state index contributed by atoms with van der Waals surface area (Å²) in [6.45, 7) is 1.81. The zero-order valence-electron chi connectivity index (χ0n) is 17.0. The van der Waals surface area contributed by atoms with E-state index in [1.807, 2.05) is 26.2 Å². The van der Waals surface area contributed by atoms with Gasteiger partial charge in [0.15, 0.2) is 5.76 Å². The number of aryl methyl sites for hydroxylation is 1. The number of aromatic amines is 1. The van der Waals surface area contributed by atoms with Gasteiger partial charge < -0.3 is 14.6 Å². The number of nitrogens with zero attached hydrogens (tertiary/aromatic N) is 4. The Balaban J connectivity index is 1.57. The summed E-state index contributed by atoms with van der Waals surface area (Å²) in [6, 6.07) is 9.58. The number of aromatic nitrogens is 5. The second-order valence-electron chi connectivity index (χ2n) is 7.53. The van der Waals surface area contributed by atoms with Crippen LogP contribution in [0.1, 0.15) is 24.7 Å². The van der Waals surface area contributed by atoms with Crippen LogP contribution < -0.4 is 0 Å². The van der Waals surface area contributed by atoms with Gasteiger partial charge in [-0.1, -0.05) is 24.2 Å². The van der Waals surface area contributed by atoms with Crippen molar-refractivity contribution in [3.8, 4) is 22.4 Å². The molecule has 31 heavy (non-hydrogen) atoms. The Kier molecular flexibility index (Phi) is 4.44. The summed E-state index contributed by atoms with van der Waals surface area (Å²) in [5.41, 5.74) is 2.86. The monoisotopic (exact) mass is 417 g/mol. The average Bonchev–Trinajstić information content (AvgIpc) is 3.52. The van der Waals surface area contributed by atoms with E-state index in [-0.39, 0.29) is 5.76 Å². The second-order valence-corrected chi connectivity index (χ2v) is 7.53. The molecule has 0 saturated carbocycles. The van der Waals surface area contributed by atoms with Gasteiger partial charge in [-0.05, 0) is 30.2 Å². The van der Waals surface area contributed by atoms with Gasteiger partial charge in [0.2, 0.25) is 0 Å². The first-order valence-electron chi connectivity index (χ1n) is 9.90. The third-order valence-electron chi connectivity index (χ3n) is 5.58. The van der Waals surface area contributed by atoms with Gasteiger partial charge in [0.25, 0.3) is 0 Å². The molecule has 0 spiro atoms. The van der Waals surface area contributed by atoms with Crippen LogP contribution in [0, 0.1) is 5.82 Å². The van der Waals surface area contributed by atoms with Crippen molar-refractivity contribution in [2.24, 2.45) is 7.05 Å². The summed E-state index contributed by atoms with van der Waals surface area (Å²) < 4.78 is 21.0. The normalized spacial score (nSPS) is 13.5. The molecule has 0 amide bonds. The van der Waals surface area contributed by atoms with E-state index < -0.39 is 11.4 Å². The molecule has 1 unspecified atom stereocenters. The highest BCUT2D eigenvalue weighted by molar-refractivity contribution is 5.94. The van der Waals surface area contributed by atoms with E-state index in [1.165, 1.54) is 12.1 Å². The second kappa shape index (κ2) is 7.17. The molecular formula is C23H20FN5O2. The SMILES string of the molecule is CCC(O)(c1cccc(F)c1)c1cc(-c2c[nH]c3ncc(-c4cnn(C)c4)cc23)no1. The number of nitrogens with one attached hydrogen (secondary N) is 1.